The smallest absolute Gasteiger partial charge is 0.152 e. The number of imidazole rings is 1. The fourth-order valence-electron chi connectivity index (χ4n) is 4.85. The van der Waals surface area contributed by atoms with Crippen LogP contribution in [-0.2, 0) is 17.3 Å². The summed E-state index contributed by atoms with van der Waals surface area (Å²) in [6.07, 6.45) is 8.37. The topological polar surface area (TPSA) is 117 Å². The summed E-state index contributed by atoms with van der Waals surface area (Å²) in [5.41, 5.74) is 8.17. The number of hydrogen-bond donors (Lipinski definition) is 1. The number of nitrogens with two attached hydrogens (primary N) is 1. The van der Waals surface area contributed by atoms with Gasteiger partial charge in [-0.3, -0.25) is 4.21 Å². The third-order valence-corrected chi connectivity index (χ3v) is 7.92. The van der Waals surface area contributed by atoms with E-state index in [9.17, 15) is 9.47 Å². The molecule has 2 aromatic heterocycles. The highest BCUT2D eigenvalue weighted by Gasteiger charge is 2.28. The van der Waals surface area contributed by atoms with E-state index in [2.05, 4.69) is 36.6 Å². The molecule has 0 bridgehead atoms. The largest absolute Gasteiger partial charge is 0.382 e. The zero-order valence-electron chi connectivity index (χ0n) is 19.9. The van der Waals surface area contributed by atoms with Gasteiger partial charge in [-0.2, -0.15) is 5.26 Å². The molecule has 2 N–H and O–H groups in total. The molecule has 2 aliphatic heterocycles. The number of likely N-dealkylation sites (tertiary alicyclic amines) is 1. The molecule has 0 aliphatic carbocycles. The molecule has 2 saturated heterocycles. The molecular formula is C25H30N8OS. The lowest BCUT2D eigenvalue weighted by molar-refractivity contribution is 0.173. The Bertz CT molecular complexity index is 1270. The number of aromatic nitrogens is 4. The molecule has 1 unspecified atom stereocenters. The average molecular weight is 491 g/mol. The fraction of sp³-hybridized carbons (Fsp3) is 0.440. The molecule has 35 heavy (non-hydrogen) atoms. The number of nitriles is 1. The van der Waals surface area contributed by atoms with Crippen LogP contribution in [-0.4, -0.2) is 67.6 Å². The summed E-state index contributed by atoms with van der Waals surface area (Å²) >= 11 is 0. The van der Waals surface area contributed by atoms with Crippen molar-refractivity contribution in [2.45, 2.75) is 36.6 Å². The predicted octanol–water partition coefficient (Wildman–Crippen LogP) is 2.62. The van der Waals surface area contributed by atoms with Crippen LogP contribution in [0.1, 0.15) is 36.6 Å². The number of benzene rings is 1. The number of anilines is 2. The van der Waals surface area contributed by atoms with E-state index in [1.165, 1.54) is 25.8 Å². The summed E-state index contributed by atoms with van der Waals surface area (Å²) in [5.74, 6) is 2.25. The highest BCUT2D eigenvalue weighted by molar-refractivity contribution is 7.84. The van der Waals surface area contributed by atoms with Crippen molar-refractivity contribution in [3.8, 4) is 17.3 Å². The van der Waals surface area contributed by atoms with Crippen molar-refractivity contribution in [1.29, 1.82) is 5.26 Å². The van der Waals surface area contributed by atoms with Crippen LogP contribution >= 0.6 is 0 Å². The molecule has 1 aromatic carbocycles. The number of nitrogens with zero attached hydrogens (tertiary/aromatic N) is 7. The minimum Gasteiger partial charge on any atom is -0.382 e. The van der Waals surface area contributed by atoms with Gasteiger partial charge in [0.1, 0.15) is 29.6 Å². The minimum absolute atomic E-state index is 0.223. The number of hydrogen-bond acceptors (Lipinski definition) is 8. The van der Waals surface area contributed by atoms with Gasteiger partial charge in [-0.1, -0.05) is 12.1 Å². The van der Waals surface area contributed by atoms with Gasteiger partial charge in [0.25, 0.3) is 0 Å². The van der Waals surface area contributed by atoms with Crippen LogP contribution in [0.5, 0.6) is 0 Å². The van der Waals surface area contributed by atoms with E-state index in [4.69, 9.17) is 10.7 Å². The molecule has 0 spiro atoms. The third-order valence-electron chi connectivity index (χ3n) is 7.00. The van der Waals surface area contributed by atoms with Gasteiger partial charge in [-0.05, 0) is 44.5 Å². The molecule has 2 aliphatic rings. The van der Waals surface area contributed by atoms with Gasteiger partial charge in [0.15, 0.2) is 5.82 Å². The van der Waals surface area contributed by atoms with E-state index in [0.717, 1.165) is 61.0 Å². The van der Waals surface area contributed by atoms with E-state index in [0.29, 0.717) is 17.3 Å². The number of piperidine rings is 1. The van der Waals surface area contributed by atoms with Gasteiger partial charge in [0.05, 0.1) is 5.69 Å². The Labute approximate surface area is 208 Å². The molecule has 9 nitrogen and oxygen atoms in total. The molecule has 2 fully saturated rings. The van der Waals surface area contributed by atoms with Gasteiger partial charge in [0.2, 0.25) is 0 Å². The van der Waals surface area contributed by atoms with Crippen molar-refractivity contribution < 1.29 is 4.21 Å². The fourth-order valence-corrected chi connectivity index (χ4v) is 5.41. The first kappa shape index (κ1) is 23.5. The Kier molecular flexibility index (Phi) is 6.79. The Morgan fingerprint density at radius 3 is 2.66 bits per heavy atom. The van der Waals surface area contributed by atoms with Crippen molar-refractivity contribution in [3.63, 3.8) is 0 Å². The molecule has 0 saturated carbocycles. The molecule has 10 heteroatoms. The SMILES string of the molecule is CS(=O)c1cccc(-c2cn(CCN3CCC3)c(C3CCN(c4ncnc(N)c4C#N)CC3)n2)c1. The van der Waals surface area contributed by atoms with Crippen LogP contribution < -0.4 is 10.6 Å². The lowest BCUT2D eigenvalue weighted by Gasteiger charge is -2.34. The number of nitrogen functional groups attached to an aromatic ring is 1. The van der Waals surface area contributed by atoms with Crippen LogP contribution in [0.4, 0.5) is 11.6 Å². The lowest BCUT2D eigenvalue weighted by atomic mass is 9.95. The first-order chi connectivity index (χ1) is 17.0. The monoisotopic (exact) mass is 490 g/mol. The van der Waals surface area contributed by atoms with Crippen LogP contribution in [0.2, 0.25) is 0 Å². The second kappa shape index (κ2) is 10.1. The highest BCUT2D eigenvalue weighted by Crippen LogP contribution is 2.33. The minimum atomic E-state index is -1.03. The molecular weight excluding hydrogens is 460 g/mol. The average Bonchev–Trinajstić information content (AvgIpc) is 3.27. The zero-order valence-corrected chi connectivity index (χ0v) is 20.7. The van der Waals surface area contributed by atoms with Crippen LogP contribution in [0.15, 0.2) is 41.7 Å². The summed E-state index contributed by atoms with van der Waals surface area (Å²) in [6.45, 7) is 5.81. The zero-order chi connectivity index (χ0) is 24.4. The Hall–Kier alpha value is -3.29. The summed E-state index contributed by atoms with van der Waals surface area (Å²) < 4.78 is 14.3. The van der Waals surface area contributed by atoms with Crippen LogP contribution in [0.25, 0.3) is 11.3 Å². The summed E-state index contributed by atoms with van der Waals surface area (Å²) in [6, 6.07) is 10.0. The number of rotatable bonds is 7. The second-order valence-corrected chi connectivity index (χ2v) is 10.6. The van der Waals surface area contributed by atoms with E-state index in [1.54, 1.807) is 6.26 Å². The molecule has 182 valence electrons. The van der Waals surface area contributed by atoms with Gasteiger partial charge >= 0.3 is 0 Å². The van der Waals surface area contributed by atoms with Crippen molar-refractivity contribution in [2.24, 2.45) is 0 Å². The first-order valence-corrected chi connectivity index (χ1v) is 13.6. The normalized spacial score (nSPS) is 17.7. The summed E-state index contributed by atoms with van der Waals surface area (Å²) in [7, 11) is -1.03. The lowest BCUT2D eigenvalue weighted by Crippen LogP contribution is -2.39. The van der Waals surface area contributed by atoms with Crippen molar-refractivity contribution >= 4 is 22.4 Å². The summed E-state index contributed by atoms with van der Waals surface area (Å²) in [4.78, 5) is 18.8. The van der Waals surface area contributed by atoms with Gasteiger partial charge in [0, 0.05) is 65.8 Å². The van der Waals surface area contributed by atoms with E-state index in [1.807, 2.05) is 24.3 Å². The Morgan fingerprint density at radius 1 is 1.17 bits per heavy atom. The van der Waals surface area contributed by atoms with Crippen LogP contribution in [0, 0.1) is 11.3 Å². The standard InChI is InChI=1S/C25H30N8OS/c1-35(34)20-5-2-4-19(14-20)22-16-33(13-12-31-8-3-9-31)24(30-22)18-6-10-32(11-7-18)25-21(15-26)23(27)28-17-29-25/h2,4-5,14,16-18H,3,6-13H2,1H3,(H2,27,28,29). The van der Waals surface area contributed by atoms with E-state index in [-0.39, 0.29) is 5.82 Å². The molecule has 1 atom stereocenters. The quantitative estimate of drug-likeness (QED) is 0.537. The van der Waals surface area contributed by atoms with Gasteiger partial charge in [-0.25, -0.2) is 15.0 Å². The van der Waals surface area contributed by atoms with Crippen molar-refractivity contribution in [3.05, 3.63) is 48.2 Å². The van der Waals surface area contributed by atoms with Gasteiger partial charge in [-0.15, -0.1) is 0 Å². The van der Waals surface area contributed by atoms with E-state index < -0.39 is 10.8 Å². The Morgan fingerprint density at radius 2 is 1.97 bits per heavy atom. The first-order valence-electron chi connectivity index (χ1n) is 12.0. The molecule has 3 aromatic rings. The highest BCUT2D eigenvalue weighted by atomic mass is 32.2. The molecule has 0 radical (unpaired) electrons. The molecule has 0 amide bonds. The van der Waals surface area contributed by atoms with Crippen molar-refractivity contribution in [2.75, 3.05) is 49.6 Å². The maximum Gasteiger partial charge on any atom is 0.152 e. The second-order valence-electron chi connectivity index (χ2n) is 9.19. The van der Waals surface area contributed by atoms with Crippen molar-refractivity contribution in [1.82, 2.24) is 24.4 Å². The molecule has 4 heterocycles. The van der Waals surface area contributed by atoms with Gasteiger partial charge < -0.3 is 20.1 Å². The molecule has 5 rings (SSSR count). The predicted molar refractivity (Wildman–Crippen MR) is 136 cm³/mol. The maximum absolute atomic E-state index is 12.0. The third kappa shape index (κ3) is 4.92. The summed E-state index contributed by atoms with van der Waals surface area (Å²) in [5, 5.41) is 9.52. The maximum atomic E-state index is 12.0. The van der Waals surface area contributed by atoms with Crippen LogP contribution in [0.3, 0.4) is 0 Å². The van der Waals surface area contributed by atoms with E-state index >= 15 is 0 Å². The Balaban J connectivity index is 1.38.